The lowest BCUT2D eigenvalue weighted by atomic mass is 10.0. The van der Waals surface area contributed by atoms with Crippen LogP contribution in [0, 0.1) is 0 Å². The molecule has 0 amide bonds. The summed E-state index contributed by atoms with van der Waals surface area (Å²) in [5.74, 6) is 0.903. The van der Waals surface area contributed by atoms with E-state index in [1.54, 1.807) is 0 Å². The number of nitrogens with one attached hydrogen (secondary N) is 1. The molecule has 2 atom stereocenters. The van der Waals surface area contributed by atoms with Crippen LogP contribution in [0.4, 0.5) is 0 Å². The molecule has 0 bridgehead atoms. The highest BCUT2D eigenvalue weighted by atomic mass is 35.5. The van der Waals surface area contributed by atoms with Gasteiger partial charge in [-0.25, -0.2) is 0 Å². The zero-order valence-corrected chi connectivity index (χ0v) is 15.3. The lowest BCUT2D eigenvalue weighted by Gasteiger charge is -2.27. The summed E-state index contributed by atoms with van der Waals surface area (Å²) in [5.41, 5.74) is 2.41. The lowest BCUT2D eigenvalue weighted by Crippen LogP contribution is -2.33. The van der Waals surface area contributed by atoms with E-state index in [1.165, 1.54) is 11.1 Å². The van der Waals surface area contributed by atoms with Gasteiger partial charge >= 0.3 is 0 Å². The van der Waals surface area contributed by atoms with Gasteiger partial charge in [-0.1, -0.05) is 17.7 Å². The number of nitrogens with zero attached hydrogens (tertiary/aromatic N) is 3. The maximum Gasteiger partial charge on any atom is 0.125 e. The molecule has 2 aromatic rings. The van der Waals surface area contributed by atoms with Gasteiger partial charge in [0.25, 0.3) is 0 Å². The van der Waals surface area contributed by atoms with Crippen molar-refractivity contribution in [3.63, 3.8) is 0 Å². The third-order valence-electron chi connectivity index (χ3n) is 4.54. The Balaban J connectivity index is 1.75. The van der Waals surface area contributed by atoms with E-state index in [0.29, 0.717) is 0 Å². The standard InChI is InChI=1S/C18H25ClN4O/c1-22(2)17(13-10-21-23(3)12-13)11-20-16-5-4-8-24-18-9-14(19)6-7-15(16)18/h6-7,9-10,12,16-17,20H,4-5,8,11H2,1-3H3/t16-,17+/m1/s1. The highest BCUT2D eigenvalue weighted by molar-refractivity contribution is 6.30. The second-order valence-corrected chi connectivity index (χ2v) is 7.00. The van der Waals surface area contributed by atoms with Crippen molar-refractivity contribution in [3.8, 4) is 5.75 Å². The maximum absolute atomic E-state index is 6.11. The van der Waals surface area contributed by atoms with Crippen LogP contribution in [0.3, 0.4) is 0 Å². The average molecular weight is 349 g/mol. The molecule has 0 aliphatic carbocycles. The Labute approximate surface area is 148 Å². The van der Waals surface area contributed by atoms with Crippen molar-refractivity contribution >= 4 is 11.6 Å². The Morgan fingerprint density at radius 3 is 3.00 bits per heavy atom. The molecule has 0 unspecified atom stereocenters. The molecule has 24 heavy (non-hydrogen) atoms. The number of fused-ring (bicyclic) bond motifs is 1. The van der Waals surface area contributed by atoms with Crippen LogP contribution in [-0.2, 0) is 7.05 Å². The van der Waals surface area contributed by atoms with Crippen LogP contribution in [0.25, 0.3) is 0 Å². The van der Waals surface area contributed by atoms with E-state index in [4.69, 9.17) is 16.3 Å². The number of aromatic nitrogens is 2. The van der Waals surface area contributed by atoms with Gasteiger partial charge in [0.05, 0.1) is 12.8 Å². The van der Waals surface area contributed by atoms with Crippen LogP contribution in [0.5, 0.6) is 5.75 Å². The van der Waals surface area contributed by atoms with E-state index in [-0.39, 0.29) is 12.1 Å². The van der Waals surface area contributed by atoms with Crippen LogP contribution in [0.2, 0.25) is 5.02 Å². The molecule has 1 aromatic carbocycles. The van der Waals surface area contributed by atoms with Crippen LogP contribution in [0.1, 0.15) is 36.1 Å². The summed E-state index contributed by atoms with van der Waals surface area (Å²) in [6, 6.07) is 6.49. The minimum atomic E-state index is 0.277. The number of halogens is 1. The van der Waals surface area contributed by atoms with Crippen molar-refractivity contribution in [1.82, 2.24) is 20.0 Å². The summed E-state index contributed by atoms with van der Waals surface area (Å²) in [6.45, 7) is 1.59. The average Bonchev–Trinajstić information content (AvgIpc) is 2.85. The Bertz CT molecular complexity index is 685. The van der Waals surface area contributed by atoms with Gasteiger partial charge < -0.3 is 15.0 Å². The molecule has 1 N–H and O–H groups in total. The molecule has 2 heterocycles. The number of hydrogen-bond donors (Lipinski definition) is 1. The molecule has 3 rings (SSSR count). The van der Waals surface area contributed by atoms with Crippen molar-refractivity contribution < 1.29 is 4.74 Å². The van der Waals surface area contributed by atoms with Crippen LogP contribution >= 0.6 is 11.6 Å². The van der Waals surface area contributed by atoms with Gasteiger partial charge in [-0.05, 0) is 39.1 Å². The number of ether oxygens (including phenoxy) is 1. The fourth-order valence-corrected chi connectivity index (χ4v) is 3.38. The fraction of sp³-hybridized carbons (Fsp3) is 0.500. The predicted octanol–water partition coefficient (Wildman–Crippen LogP) is 3.18. The van der Waals surface area contributed by atoms with E-state index in [1.807, 2.05) is 30.1 Å². The Hall–Kier alpha value is -1.56. The largest absolute Gasteiger partial charge is 0.493 e. The highest BCUT2D eigenvalue weighted by Gasteiger charge is 2.22. The minimum Gasteiger partial charge on any atom is -0.493 e. The summed E-state index contributed by atoms with van der Waals surface area (Å²) in [4.78, 5) is 2.22. The molecule has 0 spiro atoms. The van der Waals surface area contributed by atoms with Crippen LogP contribution in [0.15, 0.2) is 30.6 Å². The van der Waals surface area contributed by atoms with Gasteiger partial charge in [0, 0.05) is 48.0 Å². The highest BCUT2D eigenvalue weighted by Crippen LogP contribution is 2.34. The smallest absolute Gasteiger partial charge is 0.125 e. The summed E-state index contributed by atoms with van der Waals surface area (Å²) < 4.78 is 7.70. The monoisotopic (exact) mass is 348 g/mol. The number of aryl methyl sites for hydroxylation is 1. The summed E-state index contributed by atoms with van der Waals surface area (Å²) in [6.07, 6.45) is 6.11. The molecule has 1 aliphatic heterocycles. The maximum atomic E-state index is 6.11. The molecule has 5 nitrogen and oxygen atoms in total. The van der Waals surface area contributed by atoms with Gasteiger partial charge in [0.2, 0.25) is 0 Å². The second-order valence-electron chi connectivity index (χ2n) is 6.56. The van der Waals surface area contributed by atoms with Gasteiger partial charge in [0.1, 0.15) is 5.75 Å². The molecule has 6 heteroatoms. The molecular weight excluding hydrogens is 324 g/mol. The predicted molar refractivity (Wildman–Crippen MR) is 96.6 cm³/mol. The quantitative estimate of drug-likeness (QED) is 0.901. The van der Waals surface area contributed by atoms with E-state index in [9.17, 15) is 0 Å². The molecule has 0 saturated heterocycles. The summed E-state index contributed by atoms with van der Waals surface area (Å²) >= 11 is 6.11. The van der Waals surface area contributed by atoms with E-state index in [0.717, 1.165) is 36.8 Å². The van der Waals surface area contributed by atoms with E-state index in [2.05, 4.69) is 41.7 Å². The van der Waals surface area contributed by atoms with E-state index >= 15 is 0 Å². The first-order valence-electron chi connectivity index (χ1n) is 8.35. The van der Waals surface area contributed by atoms with Crippen molar-refractivity contribution in [2.75, 3.05) is 27.2 Å². The molecule has 0 saturated carbocycles. The van der Waals surface area contributed by atoms with Crippen molar-refractivity contribution in [2.45, 2.75) is 24.9 Å². The normalized spacial score (nSPS) is 18.8. The summed E-state index contributed by atoms with van der Waals surface area (Å²) in [7, 11) is 6.15. The zero-order valence-electron chi connectivity index (χ0n) is 14.5. The molecule has 0 radical (unpaired) electrons. The topological polar surface area (TPSA) is 42.3 Å². The molecule has 130 valence electrons. The number of rotatable bonds is 5. The van der Waals surface area contributed by atoms with Gasteiger partial charge in [-0.2, -0.15) is 5.10 Å². The number of hydrogen-bond acceptors (Lipinski definition) is 4. The fourth-order valence-electron chi connectivity index (χ4n) is 3.22. The zero-order chi connectivity index (χ0) is 17.1. The van der Waals surface area contributed by atoms with Crippen molar-refractivity contribution in [3.05, 3.63) is 46.7 Å². The van der Waals surface area contributed by atoms with E-state index < -0.39 is 0 Å². The van der Waals surface area contributed by atoms with Crippen molar-refractivity contribution in [1.29, 1.82) is 0 Å². The first-order valence-corrected chi connectivity index (χ1v) is 8.73. The third-order valence-corrected chi connectivity index (χ3v) is 4.77. The Morgan fingerprint density at radius 2 is 2.29 bits per heavy atom. The first kappa shape index (κ1) is 17.3. The SMILES string of the molecule is CN(C)[C@@H](CN[C@@H]1CCCOc2cc(Cl)ccc21)c1cnn(C)c1. The molecule has 1 aliphatic rings. The molecule has 1 aromatic heterocycles. The number of benzene rings is 1. The minimum absolute atomic E-state index is 0.277. The third kappa shape index (κ3) is 3.91. The van der Waals surface area contributed by atoms with Gasteiger partial charge in [0.15, 0.2) is 0 Å². The van der Waals surface area contributed by atoms with Crippen LogP contribution in [-0.4, -0.2) is 41.9 Å². The molecular formula is C18H25ClN4O. The number of likely N-dealkylation sites (N-methyl/N-ethyl adjacent to an activating group) is 1. The van der Waals surface area contributed by atoms with Crippen LogP contribution < -0.4 is 10.1 Å². The second kappa shape index (κ2) is 7.55. The summed E-state index contributed by atoms with van der Waals surface area (Å²) in [5, 5.41) is 8.75. The van der Waals surface area contributed by atoms with Crippen molar-refractivity contribution in [2.24, 2.45) is 7.05 Å². The van der Waals surface area contributed by atoms with Gasteiger partial charge in [-0.3, -0.25) is 4.68 Å². The van der Waals surface area contributed by atoms with Gasteiger partial charge in [-0.15, -0.1) is 0 Å². The Morgan fingerprint density at radius 1 is 1.46 bits per heavy atom. The lowest BCUT2D eigenvalue weighted by molar-refractivity contribution is 0.276. The molecule has 0 fully saturated rings. The first-order chi connectivity index (χ1) is 11.5. The Kier molecular flexibility index (Phi) is 5.43.